The first-order chi connectivity index (χ1) is 14.8. The molecule has 0 amide bonds. The van der Waals surface area contributed by atoms with Crippen molar-refractivity contribution in [2.45, 2.75) is 19.4 Å². The van der Waals surface area contributed by atoms with Gasteiger partial charge in [0.1, 0.15) is 12.9 Å². The number of aliphatic imine (C=N–C) groups is 1. The lowest BCUT2D eigenvalue weighted by molar-refractivity contribution is 0.0699. The first-order valence-electron chi connectivity index (χ1n) is 10.1. The van der Waals surface area contributed by atoms with E-state index in [1.54, 1.807) is 13.4 Å². The fourth-order valence-corrected chi connectivity index (χ4v) is 2.74. The highest BCUT2D eigenvalue weighted by Crippen LogP contribution is 2.32. The summed E-state index contributed by atoms with van der Waals surface area (Å²) in [5, 5.41) is 14.6. The van der Waals surface area contributed by atoms with Gasteiger partial charge >= 0.3 is 0 Å². The molecular formula is C20H30N6O4. The van der Waals surface area contributed by atoms with E-state index in [9.17, 15) is 0 Å². The smallest absolute Gasteiger partial charge is 0.196 e. The lowest BCUT2D eigenvalue weighted by atomic mass is 10.2. The molecule has 2 heterocycles. The van der Waals surface area contributed by atoms with Crippen LogP contribution in [0.15, 0.2) is 29.5 Å². The summed E-state index contributed by atoms with van der Waals surface area (Å²) in [6, 6.07) is 5.78. The third kappa shape index (κ3) is 6.89. The van der Waals surface area contributed by atoms with Crippen molar-refractivity contribution < 1.29 is 18.9 Å². The van der Waals surface area contributed by atoms with Gasteiger partial charge in [0.15, 0.2) is 23.3 Å². The van der Waals surface area contributed by atoms with Gasteiger partial charge in [-0.3, -0.25) is 0 Å². The van der Waals surface area contributed by atoms with Crippen LogP contribution in [0.1, 0.15) is 18.7 Å². The average molecular weight is 418 g/mol. The van der Waals surface area contributed by atoms with Gasteiger partial charge in [0, 0.05) is 45.5 Å². The molecule has 164 valence electrons. The van der Waals surface area contributed by atoms with Crippen LogP contribution in [-0.4, -0.2) is 67.4 Å². The Morgan fingerprint density at radius 3 is 2.87 bits per heavy atom. The van der Waals surface area contributed by atoms with Crippen LogP contribution < -0.4 is 20.1 Å². The molecule has 0 saturated heterocycles. The van der Waals surface area contributed by atoms with E-state index in [0.717, 1.165) is 35.9 Å². The van der Waals surface area contributed by atoms with E-state index in [-0.39, 0.29) is 0 Å². The van der Waals surface area contributed by atoms with E-state index in [4.69, 9.17) is 18.9 Å². The predicted molar refractivity (Wildman–Crippen MR) is 113 cm³/mol. The Hall–Kier alpha value is -2.85. The van der Waals surface area contributed by atoms with E-state index in [2.05, 4.69) is 25.8 Å². The fraction of sp³-hybridized carbons (Fsp3) is 0.550. The quantitative estimate of drug-likeness (QED) is 0.341. The number of guanidine groups is 1. The van der Waals surface area contributed by atoms with Gasteiger partial charge in [-0.15, -0.1) is 10.2 Å². The van der Waals surface area contributed by atoms with Crippen molar-refractivity contribution in [2.75, 3.05) is 52.0 Å². The molecule has 1 aliphatic rings. The molecule has 10 heteroatoms. The van der Waals surface area contributed by atoms with Crippen LogP contribution >= 0.6 is 0 Å². The molecule has 0 fully saturated rings. The standard InChI is InChI=1S/C20H30N6O4/c1-26-15-23-25-19(26)14-22-20(21-7-3-8-28-12-11-27-2)24-16-5-6-17-18(13-16)30-10-4-9-29-17/h5-6,13,15H,3-4,7-12,14H2,1-2H3,(H2,21,22,24). The molecule has 0 aliphatic carbocycles. The van der Waals surface area contributed by atoms with E-state index in [1.165, 1.54) is 0 Å². The van der Waals surface area contributed by atoms with Gasteiger partial charge in [-0.1, -0.05) is 0 Å². The van der Waals surface area contributed by atoms with Crippen molar-refractivity contribution >= 4 is 11.6 Å². The molecule has 1 aromatic heterocycles. The number of benzene rings is 1. The van der Waals surface area contributed by atoms with Crippen LogP contribution in [-0.2, 0) is 23.1 Å². The summed E-state index contributed by atoms with van der Waals surface area (Å²) in [6.45, 7) is 4.27. The summed E-state index contributed by atoms with van der Waals surface area (Å²) in [5.74, 6) is 2.91. The summed E-state index contributed by atoms with van der Waals surface area (Å²) in [7, 11) is 3.56. The molecule has 0 atom stereocenters. The number of aryl methyl sites for hydroxylation is 1. The number of aromatic nitrogens is 3. The predicted octanol–water partition coefficient (Wildman–Crippen LogP) is 1.59. The highest BCUT2D eigenvalue weighted by atomic mass is 16.5. The molecule has 0 radical (unpaired) electrons. The summed E-state index contributed by atoms with van der Waals surface area (Å²) < 4.78 is 23.8. The van der Waals surface area contributed by atoms with Gasteiger partial charge in [0.05, 0.1) is 26.4 Å². The van der Waals surface area contributed by atoms with E-state index in [0.29, 0.717) is 52.1 Å². The van der Waals surface area contributed by atoms with Gasteiger partial charge < -0.3 is 34.1 Å². The van der Waals surface area contributed by atoms with Crippen molar-refractivity contribution in [1.29, 1.82) is 0 Å². The summed E-state index contributed by atoms with van der Waals surface area (Å²) in [6.07, 6.45) is 3.37. The number of rotatable bonds is 10. The molecule has 30 heavy (non-hydrogen) atoms. The number of hydrogen-bond acceptors (Lipinski definition) is 7. The fourth-order valence-electron chi connectivity index (χ4n) is 2.74. The lowest BCUT2D eigenvalue weighted by Gasteiger charge is -2.14. The second-order valence-corrected chi connectivity index (χ2v) is 6.75. The Morgan fingerprint density at radius 2 is 2.07 bits per heavy atom. The molecule has 0 unspecified atom stereocenters. The Morgan fingerprint density at radius 1 is 1.20 bits per heavy atom. The molecule has 10 nitrogen and oxygen atoms in total. The maximum atomic E-state index is 5.78. The first kappa shape index (κ1) is 21.8. The van der Waals surface area contributed by atoms with Crippen molar-refractivity contribution in [3.8, 4) is 11.5 Å². The number of nitrogens with zero attached hydrogens (tertiary/aromatic N) is 4. The highest BCUT2D eigenvalue weighted by molar-refractivity contribution is 5.93. The molecular weight excluding hydrogens is 388 g/mol. The maximum absolute atomic E-state index is 5.78. The number of anilines is 1. The van der Waals surface area contributed by atoms with E-state index in [1.807, 2.05) is 29.8 Å². The second kappa shape index (κ2) is 12.0. The van der Waals surface area contributed by atoms with Crippen molar-refractivity contribution in [1.82, 2.24) is 20.1 Å². The minimum atomic E-state index is 0.403. The minimum Gasteiger partial charge on any atom is -0.490 e. The number of nitrogens with one attached hydrogen (secondary N) is 2. The Labute approximate surface area is 176 Å². The topological polar surface area (TPSA) is 104 Å². The largest absolute Gasteiger partial charge is 0.490 e. The second-order valence-electron chi connectivity index (χ2n) is 6.75. The average Bonchev–Trinajstić information content (AvgIpc) is 3.02. The van der Waals surface area contributed by atoms with Crippen molar-refractivity contribution in [3.05, 3.63) is 30.4 Å². The number of ether oxygens (including phenoxy) is 4. The van der Waals surface area contributed by atoms with Crippen LogP contribution in [0.2, 0.25) is 0 Å². The molecule has 2 N–H and O–H groups in total. The van der Waals surface area contributed by atoms with Crippen LogP contribution in [0, 0.1) is 0 Å². The monoisotopic (exact) mass is 418 g/mol. The molecule has 2 aromatic rings. The van der Waals surface area contributed by atoms with Crippen LogP contribution in [0.25, 0.3) is 0 Å². The molecule has 0 saturated carbocycles. The van der Waals surface area contributed by atoms with Crippen molar-refractivity contribution in [2.24, 2.45) is 12.0 Å². The Kier molecular flexibility index (Phi) is 8.73. The van der Waals surface area contributed by atoms with E-state index < -0.39 is 0 Å². The van der Waals surface area contributed by atoms with Crippen LogP contribution in [0.4, 0.5) is 5.69 Å². The molecule has 0 spiro atoms. The van der Waals surface area contributed by atoms with Gasteiger partial charge in [0.25, 0.3) is 0 Å². The zero-order valence-corrected chi connectivity index (χ0v) is 17.6. The molecule has 3 rings (SSSR count). The molecule has 1 aliphatic heterocycles. The van der Waals surface area contributed by atoms with Gasteiger partial charge in [-0.05, 0) is 18.6 Å². The SMILES string of the molecule is COCCOCCCNC(=NCc1nncn1C)Nc1ccc2c(c1)OCCCO2. The Bertz CT molecular complexity index is 810. The number of fused-ring (bicyclic) bond motifs is 1. The third-order valence-corrected chi connectivity index (χ3v) is 4.38. The normalized spacial score (nSPS) is 13.7. The molecule has 1 aromatic carbocycles. The van der Waals surface area contributed by atoms with Gasteiger partial charge in [-0.2, -0.15) is 0 Å². The zero-order valence-electron chi connectivity index (χ0n) is 17.6. The summed E-state index contributed by atoms with van der Waals surface area (Å²) in [5.41, 5.74) is 0.861. The van der Waals surface area contributed by atoms with Crippen molar-refractivity contribution in [3.63, 3.8) is 0 Å². The summed E-state index contributed by atoms with van der Waals surface area (Å²) >= 11 is 0. The maximum Gasteiger partial charge on any atom is 0.196 e. The zero-order chi connectivity index (χ0) is 21.0. The van der Waals surface area contributed by atoms with Gasteiger partial charge in [-0.25, -0.2) is 4.99 Å². The number of methoxy groups -OCH3 is 1. The lowest BCUT2D eigenvalue weighted by Crippen LogP contribution is -2.32. The third-order valence-electron chi connectivity index (χ3n) is 4.38. The van der Waals surface area contributed by atoms with Crippen LogP contribution in [0.5, 0.6) is 11.5 Å². The molecule has 0 bridgehead atoms. The summed E-state index contributed by atoms with van der Waals surface area (Å²) in [4.78, 5) is 4.64. The van der Waals surface area contributed by atoms with Crippen LogP contribution in [0.3, 0.4) is 0 Å². The number of hydrogen-bond donors (Lipinski definition) is 2. The first-order valence-corrected chi connectivity index (χ1v) is 10.1. The van der Waals surface area contributed by atoms with Gasteiger partial charge in [0.2, 0.25) is 0 Å². The minimum absolute atomic E-state index is 0.403. The van der Waals surface area contributed by atoms with E-state index >= 15 is 0 Å². The highest BCUT2D eigenvalue weighted by Gasteiger charge is 2.11. The Balaban J connectivity index is 1.60.